The Bertz CT molecular complexity index is 4360. The monoisotopic (exact) mass is 1600 g/mol. The van der Waals surface area contributed by atoms with Crippen LogP contribution < -0.4 is 55.6 Å². The fourth-order valence-electron chi connectivity index (χ4n) is 10.1. The number of methoxy groups -OCH3 is 4. The minimum atomic E-state index is -1.47. The van der Waals surface area contributed by atoms with Crippen LogP contribution in [0.5, 0.6) is 23.0 Å². The van der Waals surface area contributed by atoms with Crippen molar-refractivity contribution < 1.29 is 44.9 Å². The van der Waals surface area contributed by atoms with Gasteiger partial charge in [-0.1, -0.05) is 205 Å². The van der Waals surface area contributed by atoms with E-state index in [0.717, 1.165) is 85.4 Å². The van der Waals surface area contributed by atoms with Gasteiger partial charge in [0, 0.05) is 10.2 Å². The van der Waals surface area contributed by atoms with Gasteiger partial charge in [-0.25, -0.2) is 19.0 Å². The van der Waals surface area contributed by atoms with Crippen molar-refractivity contribution in [1.29, 1.82) is 0 Å². The number of thiophene rings is 2. The third-order valence-electron chi connectivity index (χ3n) is 14.4. The number of benzene rings is 8. The summed E-state index contributed by atoms with van der Waals surface area (Å²) in [4.78, 5) is 9.53. The van der Waals surface area contributed by atoms with Crippen molar-refractivity contribution in [3.05, 3.63) is 268 Å². The molecule has 0 aliphatic carbocycles. The summed E-state index contributed by atoms with van der Waals surface area (Å²) in [5.74, 6) is 3.04. The average molecular weight is 1610 g/mol. The first-order chi connectivity index (χ1) is 45.7. The van der Waals surface area contributed by atoms with E-state index in [9.17, 15) is 10.0 Å². The van der Waals surface area contributed by atoms with E-state index in [-0.39, 0.29) is 15.9 Å². The van der Waals surface area contributed by atoms with Crippen LogP contribution in [0.25, 0.3) is 42.0 Å². The Morgan fingerprint density at radius 2 is 0.851 bits per heavy atom. The summed E-state index contributed by atoms with van der Waals surface area (Å²) in [5.41, 5.74) is 5.51. The van der Waals surface area contributed by atoms with E-state index in [1.165, 1.54) is 43.2 Å². The number of aryl methyl sites for hydroxylation is 1. The van der Waals surface area contributed by atoms with Crippen molar-refractivity contribution in [3.63, 3.8) is 0 Å². The minimum absolute atomic E-state index is 0.106. The van der Waals surface area contributed by atoms with Crippen molar-refractivity contribution in [3.8, 4) is 33.6 Å². The molecule has 6 aromatic heterocycles. The normalized spacial score (nSPS) is 10.7. The summed E-state index contributed by atoms with van der Waals surface area (Å²) < 4.78 is 28.7. The second-order valence-electron chi connectivity index (χ2n) is 20.2. The standard InChI is InChI=1S/2C18H15P.C17H14ClN3O2S.C12H15BO4S.C6H3ClIN3.2ClH.Pd/c2*1-4-10-16(11-5-1)19(17-12-6-2-7-13-17)18-14-8-3-9-15-18;1-9-6-10-7-12(24-17(10)16(23-3)15(9)22-2)11-8-19-14-5-4-13(18)20-21(11)14;1-6-7(2)11(17-4)12-8(10(6)16-3)5-9(18-12)13(14)15;7-4-1-2-6-9-3-5(8)11(6)10-4;;;/h2*1-15H;4-8H,1-3H3;5,14-15H,1-4H3;1-3H;2*1H;/q;;;;;;;+2/p-2. The van der Waals surface area contributed by atoms with E-state index >= 15 is 0 Å². The van der Waals surface area contributed by atoms with Crippen LogP contribution in [0.2, 0.25) is 10.3 Å². The summed E-state index contributed by atoms with van der Waals surface area (Å²) in [7, 11) is 13.8. The first-order valence-electron chi connectivity index (χ1n) is 28.8. The molecule has 0 amide bonds. The van der Waals surface area contributed by atoms with Crippen molar-refractivity contribution in [2.75, 3.05) is 28.4 Å². The molecule has 0 spiro atoms. The van der Waals surface area contributed by atoms with Crippen LogP contribution in [0.15, 0.2) is 237 Å². The molecule has 0 unspecified atom stereocenters. The molecule has 2 N–H and O–H groups in total. The molecule has 14 aromatic rings. The largest absolute Gasteiger partial charge is 0.0622 e. The van der Waals surface area contributed by atoms with Gasteiger partial charge in [-0.15, -0.1) is 22.7 Å². The number of nitrogens with zero attached hydrogens (tertiary/aromatic N) is 6. The topological polar surface area (TPSA) is 138 Å². The second-order valence-corrected chi connectivity index (χ2v) is 31.0. The molecule has 0 bridgehead atoms. The number of hydrogen-bond donors (Lipinski definition) is 2. The van der Waals surface area contributed by atoms with Crippen molar-refractivity contribution in [1.82, 2.24) is 29.2 Å². The summed E-state index contributed by atoms with van der Waals surface area (Å²) in [6, 6.07) is 77.7. The van der Waals surface area contributed by atoms with Crippen molar-refractivity contribution in [2.45, 2.75) is 20.8 Å². The van der Waals surface area contributed by atoms with E-state index in [2.05, 4.69) is 237 Å². The maximum atomic E-state index is 9.27. The summed E-state index contributed by atoms with van der Waals surface area (Å²) >= 11 is 16.7. The molecule has 8 aromatic carbocycles. The number of rotatable bonds is 12. The molecule has 0 atom stereocenters. The predicted octanol–water partition coefficient (Wildman–Crippen LogP) is 16.1. The van der Waals surface area contributed by atoms with E-state index in [1.54, 1.807) is 79.4 Å². The van der Waals surface area contributed by atoms with Gasteiger partial charge in [0.05, 0.1) is 55.1 Å². The number of ether oxygens (including phenoxy) is 4. The predicted molar refractivity (Wildman–Crippen MR) is 404 cm³/mol. The van der Waals surface area contributed by atoms with Crippen molar-refractivity contribution >= 4 is 179 Å². The fourth-order valence-corrected chi connectivity index (χ4v) is 17.8. The third kappa shape index (κ3) is 17.7. The Balaban J connectivity index is 0.000000139. The Kier molecular flexibility index (Phi) is 27.1. The third-order valence-corrected chi connectivity index (χ3v) is 22.7. The molecular weight excluding hydrogens is 1540 g/mol. The summed E-state index contributed by atoms with van der Waals surface area (Å²) in [6.45, 7) is 5.93. The molecule has 23 heteroatoms. The summed E-state index contributed by atoms with van der Waals surface area (Å²) in [6.07, 6.45) is 3.55. The number of imidazole rings is 2. The quantitative estimate of drug-likeness (QED) is 0.0691. The molecule has 14 rings (SSSR count). The van der Waals surface area contributed by atoms with Crippen LogP contribution in [-0.2, 0) is 15.9 Å². The van der Waals surface area contributed by atoms with Crippen LogP contribution in [0, 0.1) is 24.5 Å². The molecule has 0 radical (unpaired) electrons. The maximum Gasteiger partial charge on any atom is -0.0134 e. The molecule has 94 heavy (non-hydrogen) atoms. The van der Waals surface area contributed by atoms with Crippen LogP contribution in [0.3, 0.4) is 0 Å². The van der Waals surface area contributed by atoms with E-state index in [0.29, 0.717) is 15.1 Å². The van der Waals surface area contributed by atoms with Crippen molar-refractivity contribution in [2.24, 2.45) is 0 Å². The number of hydrogen-bond acceptors (Lipinski definition) is 12. The molecule has 0 saturated carbocycles. The molecule has 0 saturated heterocycles. The molecular formula is C71H62BCl4IN6O6P2PdS2. The van der Waals surface area contributed by atoms with E-state index in [1.807, 2.05) is 32.9 Å². The molecule has 0 aliphatic rings. The number of halogens is 5. The Morgan fingerprint density at radius 1 is 0.468 bits per heavy atom. The van der Waals surface area contributed by atoms with Gasteiger partial charge in [0.1, 0.15) is 31.2 Å². The van der Waals surface area contributed by atoms with Crippen LogP contribution in [-0.4, -0.2) is 74.8 Å². The smallest absolute Gasteiger partial charge is 0.0134 e. The van der Waals surface area contributed by atoms with Gasteiger partial charge in [0.25, 0.3) is 0 Å². The SMILES string of the molecule is COc1c(C)c(C)c(OC)c2sc(B(O)O)cc12.COc1c(C)cc2cc(-c3cnc4ccc(Cl)nn34)sc2c1OC.Clc1ccc2ncc(I)n2n1.[Cl][Pd][Cl].c1ccc(P(c2ccccc2)c2ccccc2)cc1.c1ccc(P(c2ccccc2)c2ccccc2)cc1. The van der Waals surface area contributed by atoms with Gasteiger partial charge in [0.2, 0.25) is 0 Å². The van der Waals surface area contributed by atoms with Gasteiger partial charge < -0.3 is 29.0 Å². The van der Waals surface area contributed by atoms with Crippen LogP contribution in [0.1, 0.15) is 16.7 Å². The second kappa shape index (κ2) is 35.5. The average Bonchev–Trinajstić information content (AvgIpc) is 1.59. The van der Waals surface area contributed by atoms with Crippen LogP contribution in [0.4, 0.5) is 0 Å². The molecule has 12 nitrogen and oxygen atoms in total. The van der Waals surface area contributed by atoms with Crippen LogP contribution >= 0.6 is 103 Å². The zero-order valence-electron chi connectivity index (χ0n) is 51.7. The van der Waals surface area contributed by atoms with Gasteiger partial charge in [-0.3, -0.25) is 0 Å². The van der Waals surface area contributed by atoms with Gasteiger partial charge in [-0.05, 0) is 156 Å². The van der Waals surface area contributed by atoms with Gasteiger partial charge in [0.15, 0.2) is 22.8 Å². The first-order valence-corrected chi connectivity index (χ1v) is 38.9. The zero-order chi connectivity index (χ0) is 66.7. The number of fused-ring (bicyclic) bond motifs is 4. The molecule has 6 heterocycles. The van der Waals surface area contributed by atoms with E-state index in [4.69, 9.17) is 61.2 Å². The molecule has 0 fully saturated rings. The molecule has 482 valence electrons. The zero-order valence-corrected chi connectivity index (χ0v) is 61.9. The number of aromatic nitrogens is 6. The Hall–Kier alpha value is -6.48. The summed E-state index contributed by atoms with van der Waals surface area (Å²) in [5, 5.41) is 38.2. The van der Waals surface area contributed by atoms with Gasteiger partial charge >= 0.3 is 42.1 Å². The maximum absolute atomic E-state index is 9.27. The minimum Gasteiger partial charge on any atom is -0.0622 e. The fraction of sp³-hybridized carbons (Fsp3) is 0.0986. The Labute approximate surface area is 597 Å². The first kappa shape index (κ1) is 71.8. The van der Waals surface area contributed by atoms with E-state index < -0.39 is 23.0 Å². The van der Waals surface area contributed by atoms with Gasteiger partial charge in [-0.2, -0.15) is 10.2 Å². The molecule has 0 aliphatic heterocycles. The Morgan fingerprint density at radius 3 is 1.26 bits per heavy atom.